The van der Waals surface area contributed by atoms with Crippen LogP contribution in [0.3, 0.4) is 0 Å². The van der Waals surface area contributed by atoms with Crippen molar-refractivity contribution in [1.29, 1.82) is 0 Å². The number of benzene rings is 2. The normalized spacial score (nSPS) is 22.6. The van der Waals surface area contributed by atoms with Crippen molar-refractivity contribution in [1.82, 2.24) is 39.0 Å². The predicted octanol–water partition coefficient (Wildman–Crippen LogP) is 5.66. The number of hydrogen-bond acceptors (Lipinski definition) is 10. The first-order valence-corrected chi connectivity index (χ1v) is 22.2. The van der Waals surface area contributed by atoms with Gasteiger partial charge in [-0.2, -0.15) is 18.3 Å². The zero-order valence-corrected chi connectivity index (χ0v) is 36.3. The van der Waals surface area contributed by atoms with Gasteiger partial charge in [0, 0.05) is 75.6 Å². The molecular weight excluding hydrogens is 832 g/mol. The summed E-state index contributed by atoms with van der Waals surface area (Å²) in [6, 6.07) is 11.9. The van der Waals surface area contributed by atoms with E-state index in [0.717, 1.165) is 99.8 Å². The first kappa shape index (κ1) is 43.8. The molecule has 3 saturated heterocycles. The van der Waals surface area contributed by atoms with Gasteiger partial charge in [0.2, 0.25) is 11.8 Å². The molecule has 9 rings (SSSR count). The van der Waals surface area contributed by atoms with Crippen molar-refractivity contribution in [3.8, 4) is 0 Å². The molecule has 1 atom stereocenters. The zero-order valence-electron chi connectivity index (χ0n) is 36.3. The molecule has 4 fully saturated rings. The summed E-state index contributed by atoms with van der Waals surface area (Å²) in [4.78, 5) is 59.7. The molecule has 3 aromatic heterocycles. The van der Waals surface area contributed by atoms with Gasteiger partial charge in [-0.3, -0.25) is 38.4 Å². The maximum Gasteiger partial charge on any atom is 0.433 e. The molecule has 1 saturated carbocycles. The number of carbonyl (C=O) groups excluding carboxylic acids is 3. The number of aromatic nitrogens is 5. The minimum absolute atomic E-state index is 0.178. The van der Waals surface area contributed by atoms with Crippen molar-refractivity contribution in [2.24, 2.45) is 13.0 Å². The van der Waals surface area contributed by atoms with Gasteiger partial charge in [-0.15, -0.1) is 0 Å². The summed E-state index contributed by atoms with van der Waals surface area (Å²) < 4.78 is 51.6. The van der Waals surface area contributed by atoms with Crippen molar-refractivity contribution < 1.29 is 37.4 Å². The van der Waals surface area contributed by atoms with Gasteiger partial charge in [-0.25, -0.2) is 9.78 Å². The van der Waals surface area contributed by atoms with Crippen LogP contribution in [0, 0.1) is 5.92 Å². The number of imidazole rings is 1. The Labute approximate surface area is 367 Å². The second-order valence-corrected chi connectivity index (χ2v) is 18.7. The first-order chi connectivity index (χ1) is 30.4. The number of nitrogens with one attached hydrogen (secondary N) is 2. The molecule has 0 bridgehead atoms. The number of rotatable bonds is 9. The van der Waals surface area contributed by atoms with Crippen LogP contribution in [0.1, 0.15) is 105 Å². The summed E-state index contributed by atoms with van der Waals surface area (Å²) in [5, 5.41) is 21.7. The average Bonchev–Trinajstić information content (AvgIpc) is 3.79. The number of fused-ring (bicyclic) bond motifs is 2. The lowest BCUT2D eigenvalue weighted by atomic mass is 9.84. The first-order valence-electron chi connectivity index (χ1n) is 22.2. The Hall–Kier alpha value is -5.43. The number of aliphatic hydroxyl groups is 1. The van der Waals surface area contributed by atoms with E-state index in [9.17, 15) is 37.5 Å². The van der Waals surface area contributed by atoms with Gasteiger partial charge in [0.1, 0.15) is 17.4 Å². The maximum atomic E-state index is 13.5. The van der Waals surface area contributed by atoms with Crippen molar-refractivity contribution in [2.75, 3.05) is 44.6 Å². The largest absolute Gasteiger partial charge is 0.433 e. The van der Waals surface area contributed by atoms with Gasteiger partial charge in [-0.05, 0) is 101 Å². The van der Waals surface area contributed by atoms with Crippen LogP contribution in [-0.4, -0.2) is 101 Å². The number of anilines is 1. The van der Waals surface area contributed by atoms with E-state index in [1.54, 1.807) is 37.6 Å². The van der Waals surface area contributed by atoms with E-state index in [1.165, 1.54) is 10.6 Å². The number of imide groups is 1. The molecule has 4 aliphatic rings. The molecule has 1 aliphatic carbocycles. The molecule has 18 heteroatoms. The molecule has 6 heterocycles. The topological polar surface area (TPSA) is 169 Å². The average molecular weight is 886 g/mol. The Morgan fingerprint density at radius 2 is 1.73 bits per heavy atom. The number of halogens is 3. The van der Waals surface area contributed by atoms with Crippen LogP contribution in [0.25, 0.3) is 21.9 Å². The molecule has 2 aromatic carbocycles. The number of para-hydroxylation sites is 1. The molecule has 340 valence electrons. The lowest BCUT2D eigenvalue weighted by Crippen LogP contribution is -2.57. The second kappa shape index (κ2) is 16.8. The number of morpholine rings is 1. The van der Waals surface area contributed by atoms with E-state index in [-0.39, 0.29) is 41.0 Å². The summed E-state index contributed by atoms with van der Waals surface area (Å²) in [6.45, 7) is 8.91. The molecule has 0 radical (unpaired) electrons. The lowest BCUT2D eigenvalue weighted by molar-refractivity contribution is -0.141. The van der Waals surface area contributed by atoms with Crippen LogP contribution in [0.5, 0.6) is 0 Å². The quantitative estimate of drug-likeness (QED) is 0.157. The number of carbonyl (C=O) groups is 3. The molecule has 1 spiro atoms. The summed E-state index contributed by atoms with van der Waals surface area (Å²) in [5.41, 5.74) is 0.359. The Bertz CT molecular complexity index is 2670. The van der Waals surface area contributed by atoms with E-state index in [4.69, 9.17) is 9.84 Å². The SMILES string of the molecule is Cn1c(=O)n(C2CCC(=O)NC2=O)c2cccc(CN3CCOC4(CCN(CC5CCC(n6cc7cc(NC(=O)c8cccc(C(F)(F)F)n8)c(C(C)(C)O)cc7n6)CC5)CC4)C3)c21. The molecule has 3 N–H and O–H groups in total. The smallest absolute Gasteiger partial charge is 0.386 e. The predicted molar refractivity (Wildman–Crippen MR) is 231 cm³/mol. The highest BCUT2D eigenvalue weighted by atomic mass is 19.4. The molecule has 64 heavy (non-hydrogen) atoms. The van der Waals surface area contributed by atoms with Crippen molar-refractivity contribution >= 4 is 45.3 Å². The number of likely N-dealkylation sites (tertiary alicyclic amines) is 1. The number of pyridine rings is 1. The van der Waals surface area contributed by atoms with E-state index in [1.807, 2.05) is 29.1 Å². The Morgan fingerprint density at radius 3 is 2.45 bits per heavy atom. The number of amides is 3. The third-order valence-corrected chi connectivity index (χ3v) is 13.7. The van der Waals surface area contributed by atoms with Crippen molar-refractivity contribution in [3.63, 3.8) is 0 Å². The van der Waals surface area contributed by atoms with E-state index in [2.05, 4.69) is 25.4 Å². The van der Waals surface area contributed by atoms with E-state index in [0.29, 0.717) is 42.1 Å². The molecule has 3 aliphatic heterocycles. The molecule has 5 aromatic rings. The number of aryl methyl sites for hydroxylation is 1. The third kappa shape index (κ3) is 8.72. The van der Waals surface area contributed by atoms with Crippen LogP contribution < -0.4 is 16.3 Å². The van der Waals surface area contributed by atoms with E-state index >= 15 is 0 Å². The lowest BCUT2D eigenvalue weighted by Gasteiger charge is -2.48. The van der Waals surface area contributed by atoms with Gasteiger partial charge >= 0.3 is 11.9 Å². The highest BCUT2D eigenvalue weighted by Crippen LogP contribution is 2.38. The minimum atomic E-state index is -4.70. The summed E-state index contributed by atoms with van der Waals surface area (Å²) >= 11 is 0. The fraction of sp³-hybridized carbons (Fsp3) is 0.522. The van der Waals surface area contributed by atoms with Gasteiger partial charge in [-0.1, -0.05) is 18.2 Å². The van der Waals surface area contributed by atoms with E-state index < -0.39 is 35.3 Å². The second-order valence-electron chi connectivity index (χ2n) is 18.7. The van der Waals surface area contributed by atoms with Gasteiger partial charge < -0.3 is 20.1 Å². The van der Waals surface area contributed by atoms with Gasteiger partial charge in [0.15, 0.2) is 0 Å². The highest BCUT2D eigenvalue weighted by molar-refractivity contribution is 6.04. The summed E-state index contributed by atoms with van der Waals surface area (Å²) in [5.74, 6) is -1.03. The van der Waals surface area contributed by atoms with Crippen LogP contribution >= 0.6 is 0 Å². The standard InChI is InChI=1S/C46H54F3N9O6/c1-44(2,63)32-23-34-30(22-35(32)51-41(60)33-7-5-9-38(50-33)46(47,48)49)26-57(53-34)31-12-10-28(11-13-31)24-55-18-16-45(17-19-55)27-56(20-21-64-45)25-29-6-4-8-36-40(29)54(3)43(62)58(36)37-14-15-39(59)52-42(37)61/h4-9,22-23,26,28,31,37,63H,10-21,24-25,27H2,1-3H3,(H,51,60)(H,52,59,61). The number of alkyl halides is 3. The highest BCUT2D eigenvalue weighted by Gasteiger charge is 2.41. The zero-order chi connectivity index (χ0) is 45.1. The van der Waals surface area contributed by atoms with Crippen molar-refractivity contribution in [3.05, 3.63) is 87.7 Å². The Morgan fingerprint density at radius 1 is 0.984 bits per heavy atom. The van der Waals surface area contributed by atoms with Crippen LogP contribution in [-0.2, 0) is 39.7 Å². The number of ether oxygens (including phenoxy) is 1. The molecule has 1 unspecified atom stereocenters. The van der Waals surface area contributed by atoms with Crippen molar-refractivity contribution in [2.45, 2.75) is 101 Å². The minimum Gasteiger partial charge on any atom is -0.386 e. The van der Waals surface area contributed by atoms with Gasteiger partial charge in [0.05, 0.1) is 40.4 Å². The fourth-order valence-corrected chi connectivity index (χ4v) is 10.4. The summed E-state index contributed by atoms with van der Waals surface area (Å²) in [6.07, 6.45) is 3.58. The molecule has 15 nitrogen and oxygen atoms in total. The Kier molecular flexibility index (Phi) is 11.5. The molecule has 3 amide bonds. The Balaban J connectivity index is 0.799. The van der Waals surface area contributed by atoms with Crippen LogP contribution in [0.2, 0.25) is 0 Å². The number of nitrogens with zero attached hydrogens (tertiary/aromatic N) is 7. The van der Waals surface area contributed by atoms with Crippen LogP contribution in [0.4, 0.5) is 18.9 Å². The summed E-state index contributed by atoms with van der Waals surface area (Å²) in [7, 11) is 1.74. The maximum absolute atomic E-state index is 13.5. The third-order valence-electron chi connectivity index (χ3n) is 13.7. The van der Waals surface area contributed by atoms with Crippen LogP contribution in [0.15, 0.2) is 59.5 Å². The number of hydrogen-bond donors (Lipinski definition) is 3. The van der Waals surface area contributed by atoms with Gasteiger partial charge in [0.25, 0.3) is 5.91 Å². The monoisotopic (exact) mass is 885 g/mol. The molecular formula is C46H54F3N9O6. The number of piperidine rings is 2. The fourth-order valence-electron chi connectivity index (χ4n) is 10.4.